The number of nitrogens with one attached hydrogen (secondary N) is 2. The largest absolute Gasteiger partial charge is 0.496 e. The zero-order valence-corrected chi connectivity index (χ0v) is 19.4. The summed E-state index contributed by atoms with van der Waals surface area (Å²) < 4.78 is 10.8. The van der Waals surface area contributed by atoms with Gasteiger partial charge in [-0.25, -0.2) is 9.59 Å². The molecule has 0 aliphatic heterocycles. The first-order valence-corrected chi connectivity index (χ1v) is 11.3. The number of aliphatic carboxylic acids is 1. The van der Waals surface area contributed by atoms with Crippen LogP contribution in [0.3, 0.4) is 0 Å². The van der Waals surface area contributed by atoms with E-state index in [1.54, 1.807) is 6.92 Å². The molecule has 1 aliphatic rings. The summed E-state index contributed by atoms with van der Waals surface area (Å²) in [6.07, 6.45) is -0.395. The van der Waals surface area contributed by atoms with Crippen molar-refractivity contribution in [3.05, 3.63) is 83.4 Å². The average molecular weight is 475 g/mol. The second-order valence-corrected chi connectivity index (χ2v) is 8.14. The molecule has 8 heteroatoms. The number of benzene rings is 3. The topological polar surface area (TPSA) is 114 Å². The lowest BCUT2D eigenvalue weighted by Crippen LogP contribution is -2.40. The minimum Gasteiger partial charge on any atom is -0.496 e. The van der Waals surface area contributed by atoms with Gasteiger partial charge in [0.05, 0.1) is 12.7 Å². The zero-order valence-electron chi connectivity index (χ0n) is 19.4. The summed E-state index contributed by atoms with van der Waals surface area (Å²) in [5.74, 6) is -1.56. The summed E-state index contributed by atoms with van der Waals surface area (Å²) >= 11 is 0. The Morgan fingerprint density at radius 2 is 1.60 bits per heavy atom. The molecule has 0 spiro atoms. The molecule has 0 heterocycles. The van der Waals surface area contributed by atoms with Crippen LogP contribution >= 0.6 is 0 Å². The highest BCUT2D eigenvalue weighted by Gasteiger charge is 2.29. The van der Waals surface area contributed by atoms with Gasteiger partial charge in [-0.15, -0.1) is 0 Å². The number of carbonyl (C=O) groups excluding carboxylic acids is 2. The van der Waals surface area contributed by atoms with E-state index in [4.69, 9.17) is 14.6 Å². The van der Waals surface area contributed by atoms with Crippen LogP contribution in [-0.4, -0.2) is 42.8 Å². The van der Waals surface area contributed by atoms with Crippen molar-refractivity contribution >= 4 is 23.7 Å². The molecule has 4 rings (SSSR count). The normalized spacial score (nSPS) is 12.7. The summed E-state index contributed by atoms with van der Waals surface area (Å²) in [6.45, 7) is 1.84. The standard InChI is InChI=1S/C27H26N2O6/c1-3-23(26(31)32)29-25(30)21-13-12-16(14-24(21)34-2)28-27(33)35-15-22-19-10-6-4-8-17(19)18-9-5-7-11-20(18)22/h4-14,22-23H,3,15H2,1-2H3,(H,28,33)(H,29,30)(H,31,32). The van der Waals surface area contributed by atoms with E-state index in [0.717, 1.165) is 22.3 Å². The second-order valence-electron chi connectivity index (χ2n) is 8.14. The SMILES string of the molecule is CCC(NC(=O)c1ccc(NC(=O)OCC2c3ccccc3-c3ccccc32)cc1OC)C(=O)O. The summed E-state index contributed by atoms with van der Waals surface area (Å²) in [5, 5.41) is 14.3. The van der Waals surface area contributed by atoms with E-state index in [1.807, 2.05) is 36.4 Å². The molecule has 0 fully saturated rings. The Labute approximate surface area is 202 Å². The number of rotatable bonds is 8. The van der Waals surface area contributed by atoms with E-state index in [9.17, 15) is 14.4 Å². The number of ether oxygens (including phenoxy) is 2. The number of methoxy groups -OCH3 is 1. The number of carboxylic acids is 1. The van der Waals surface area contributed by atoms with Crippen molar-refractivity contribution in [3.8, 4) is 16.9 Å². The third-order valence-electron chi connectivity index (χ3n) is 6.05. The Bertz CT molecular complexity index is 1230. The minimum atomic E-state index is -1.12. The molecule has 180 valence electrons. The molecule has 0 bridgehead atoms. The quantitative estimate of drug-likeness (QED) is 0.438. The molecule has 1 aliphatic carbocycles. The first-order valence-electron chi connectivity index (χ1n) is 11.3. The molecule has 8 nitrogen and oxygen atoms in total. The van der Waals surface area contributed by atoms with Gasteiger partial charge in [-0.1, -0.05) is 55.5 Å². The molecule has 1 atom stereocenters. The second kappa shape index (κ2) is 10.3. The molecule has 3 aromatic rings. The van der Waals surface area contributed by atoms with Gasteiger partial charge in [-0.2, -0.15) is 0 Å². The lowest BCUT2D eigenvalue weighted by atomic mass is 9.98. The van der Waals surface area contributed by atoms with Gasteiger partial charge in [0.15, 0.2) is 0 Å². The van der Waals surface area contributed by atoms with Crippen molar-refractivity contribution < 1.29 is 29.0 Å². The van der Waals surface area contributed by atoms with Crippen LogP contribution in [0, 0.1) is 0 Å². The van der Waals surface area contributed by atoms with Crippen molar-refractivity contribution in [2.24, 2.45) is 0 Å². The highest BCUT2D eigenvalue weighted by Crippen LogP contribution is 2.44. The third kappa shape index (κ3) is 4.96. The van der Waals surface area contributed by atoms with E-state index in [2.05, 4.69) is 22.8 Å². The Morgan fingerprint density at radius 1 is 0.971 bits per heavy atom. The number of carboxylic acid groups (broad SMARTS) is 1. The van der Waals surface area contributed by atoms with E-state index in [-0.39, 0.29) is 30.3 Å². The van der Waals surface area contributed by atoms with Gasteiger partial charge in [0.1, 0.15) is 18.4 Å². The number of carbonyl (C=O) groups is 3. The van der Waals surface area contributed by atoms with E-state index < -0.39 is 24.0 Å². The molecule has 35 heavy (non-hydrogen) atoms. The first-order chi connectivity index (χ1) is 16.9. The molecule has 3 N–H and O–H groups in total. The van der Waals surface area contributed by atoms with Crippen molar-refractivity contribution in [3.63, 3.8) is 0 Å². The average Bonchev–Trinajstić information content (AvgIpc) is 3.19. The monoisotopic (exact) mass is 474 g/mol. The van der Waals surface area contributed by atoms with Gasteiger partial charge >= 0.3 is 12.1 Å². The Kier molecular flexibility index (Phi) is 7.01. The summed E-state index contributed by atoms with van der Waals surface area (Å²) in [6, 6.07) is 19.6. The zero-order chi connectivity index (χ0) is 24.9. The summed E-state index contributed by atoms with van der Waals surface area (Å²) in [5.41, 5.74) is 5.05. The highest BCUT2D eigenvalue weighted by molar-refractivity contribution is 5.99. The Hall–Kier alpha value is -4.33. The van der Waals surface area contributed by atoms with Crippen LogP contribution in [0.15, 0.2) is 66.7 Å². The highest BCUT2D eigenvalue weighted by atomic mass is 16.5. The maximum absolute atomic E-state index is 12.6. The van der Waals surface area contributed by atoms with Crippen LogP contribution in [0.5, 0.6) is 5.75 Å². The molecule has 0 saturated heterocycles. The molecule has 1 unspecified atom stereocenters. The van der Waals surface area contributed by atoms with E-state index in [1.165, 1.54) is 25.3 Å². The predicted octanol–water partition coefficient (Wildman–Crippen LogP) is 4.65. The van der Waals surface area contributed by atoms with Crippen LogP contribution < -0.4 is 15.4 Å². The number of anilines is 1. The minimum absolute atomic E-state index is 0.0606. The molecule has 2 amide bonds. The van der Waals surface area contributed by atoms with Crippen LogP contribution in [0.4, 0.5) is 10.5 Å². The fourth-order valence-corrected chi connectivity index (χ4v) is 4.28. The van der Waals surface area contributed by atoms with Gasteiger partial charge in [0.2, 0.25) is 0 Å². The molecule has 0 saturated carbocycles. The lowest BCUT2D eigenvalue weighted by molar-refractivity contribution is -0.139. The number of hydrogen-bond acceptors (Lipinski definition) is 5. The van der Waals surface area contributed by atoms with E-state index >= 15 is 0 Å². The van der Waals surface area contributed by atoms with Gasteiger partial charge < -0.3 is 19.9 Å². The van der Waals surface area contributed by atoms with Crippen molar-refractivity contribution in [1.82, 2.24) is 5.32 Å². The summed E-state index contributed by atoms with van der Waals surface area (Å²) in [7, 11) is 1.39. The predicted molar refractivity (Wildman–Crippen MR) is 131 cm³/mol. The van der Waals surface area contributed by atoms with Gasteiger partial charge in [-0.3, -0.25) is 10.1 Å². The molecular formula is C27H26N2O6. The maximum Gasteiger partial charge on any atom is 0.411 e. The first kappa shape index (κ1) is 23.8. The number of amides is 2. The maximum atomic E-state index is 12.6. The lowest BCUT2D eigenvalue weighted by Gasteiger charge is -2.16. The van der Waals surface area contributed by atoms with Gasteiger partial charge in [0, 0.05) is 17.7 Å². The van der Waals surface area contributed by atoms with Crippen LogP contribution in [0.25, 0.3) is 11.1 Å². The van der Waals surface area contributed by atoms with Crippen LogP contribution in [0.2, 0.25) is 0 Å². The van der Waals surface area contributed by atoms with Crippen LogP contribution in [-0.2, 0) is 9.53 Å². The summed E-state index contributed by atoms with van der Waals surface area (Å²) in [4.78, 5) is 36.3. The molecule has 0 radical (unpaired) electrons. The Balaban J connectivity index is 1.43. The van der Waals surface area contributed by atoms with Gasteiger partial charge in [0.25, 0.3) is 5.91 Å². The number of fused-ring (bicyclic) bond motifs is 3. The number of hydrogen-bond donors (Lipinski definition) is 3. The van der Waals surface area contributed by atoms with Crippen molar-refractivity contribution in [1.29, 1.82) is 0 Å². The Morgan fingerprint density at radius 3 is 2.17 bits per heavy atom. The fraction of sp³-hybridized carbons (Fsp3) is 0.222. The molecule has 0 aromatic heterocycles. The van der Waals surface area contributed by atoms with Crippen molar-refractivity contribution in [2.45, 2.75) is 25.3 Å². The van der Waals surface area contributed by atoms with Gasteiger partial charge in [-0.05, 0) is 40.8 Å². The molecule has 3 aromatic carbocycles. The fourth-order valence-electron chi connectivity index (χ4n) is 4.28. The van der Waals surface area contributed by atoms with E-state index in [0.29, 0.717) is 5.69 Å². The third-order valence-corrected chi connectivity index (χ3v) is 6.05. The van der Waals surface area contributed by atoms with Crippen LogP contribution in [0.1, 0.15) is 40.7 Å². The van der Waals surface area contributed by atoms with Crippen molar-refractivity contribution in [2.75, 3.05) is 19.0 Å². The molecular weight excluding hydrogens is 448 g/mol. The smallest absolute Gasteiger partial charge is 0.411 e.